The number of rotatable bonds is 7. The van der Waals surface area contributed by atoms with Gasteiger partial charge in [0.2, 0.25) is 5.91 Å². The van der Waals surface area contributed by atoms with Crippen molar-refractivity contribution < 1.29 is 9.21 Å². The van der Waals surface area contributed by atoms with E-state index in [-0.39, 0.29) is 17.7 Å². The van der Waals surface area contributed by atoms with Gasteiger partial charge in [0, 0.05) is 12.1 Å². The first-order valence-corrected chi connectivity index (χ1v) is 9.55. The van der Waals surface area contributed by atoms with E-state index in [1.165, 1.54) is 11.8 Å². The van der Waals surface area contributed by atoms with Gasteiger partial charge in [-0.05, 0) is 36.2 Å². The van der Waals surface area contributed by atoms with Crippen LogP contribution in [0.2, 0.25) is 5.02 Å². The molecule has 0 aliphatic heterocycles. The van der Waals surface area contributed by atoms with Gasteiger partial charge >= 0.3 is 0 Å². The van der Waals surface area contributed by atoms with Crippen LogP contribution in [0.3, 0.4) is 0 Å². The number of carbonyl (C=O) groups is 1. The number of aromatic nitrogens is 3. The number of hydrogen-bond donors (Lipinski definition) is 1. The van der Waals surface area contributed by atoms with Crippen LogP contribution >= 0.6 is 23.4 Å². The number of nitrogens with zero attached hydrogens (tertiary/aromatic N) is 3. The van der Waals surface area contributed by atoms with E-state index in [2.05, 4.69) is 15.5 Å². The average molecular weight is 391 g/mol. The zero-order valence-corrected chi connectivity index (χ0v) is 16.0. The van der Waals surface area contributed by atoms with E-state index in [9.17, 15) is 4.79 Å². The lowest BCUT2D eigenvalue weighted by molar-refractivity contribution is -0.119. The lowest BCUT2D eigenvalue weighted by Crippen LogP contribution is -2.29. The number of thioether (sulfide) groups is 1. The number of carbonyl (C=O) groups excluding carboxylic acids is 1. The van der Waals surface area contributed by atoms with E-state index in [1.54, 1.807) is 12.3 Å². The molecule has 3 rings (SSSR count). The Morgan fingerprint density at radius 3 is 2.73 bits per heavy atom. The van der Waals surface area contributed by atoms with E-state index in [0.29, 0.717) is 21.8 Å². The van der Waals surface area contributed by atoms with Crippen LogP contribution < -0.4 is 5.32 Å². The molecule has 0 aliphatic rings. The first kappa shape index (κ1) is 18.5. The van der Waals surface area contributed by atoms with Gasteiger partial charge in [-0.2, -0.15) is 0 Å². The molecule has 2 heterocycles. The van der Waals surface area contributed by atoms with Crippen molar-refractivity contribution >= 4 is 29.3 Å². The Morgan fingerprint density at radius 2 is 2.08 bits per heavy atom. The summed E-state index contributed by atoms with van der Waals surface area (Å²) in [5, 5.41) is 12.6. The summed E-state index contributed by atoms with van der Waals surface area (Å²) in [6.07, 6.45) is 2.39. The van der Waals surface area contributed by atoms with Crippen LogP contribution in [0.1, 0.15) is 24.9 Å². The standard InChI is InChI=1S/C18H19ClN4O2S/c1-3-14(12-6-8-13(19)9-7-12)20-16(24)11-26-18-22-21-17(23(18)2)15-5-4-10-25-15/h4-10,14H,3,11H2,1-2H3,(H,20,24). The number of hydrogen-bond acceptors (Lipinski definition) is 5. The van der Waals surface area contributed by atoms with Crippen LogP contribution in [0.15, 0.2) is 52.2 Å². The smallest absolute Gasteiger partial charge is 0.230 e. The normalized spacial score (nSPS) is 12.1. The van der Waals surface area contributed by atoms with Crippen LogP contribution in [-0.2, 0) is 11.8 Å². The molecule has 0 aliphatic carbocycles. The Hall–Kier alpha value is -2.25. The topological polar surface area (TPSA) is 73.0 Å². The summed E-state index contributed by atoms with van der Waals surface area (Å²) in [5.74, 6) is 1.48. The van der Waals surface area contributed by atoms with E-state index in [0.717, 1.165) is 12.0 Å². The van der Waals surface area contributed by atoms with Crippen molar-refractivity contribution in [2.45, 2.75) is 24.5 Å². The fourth-order valence-electron chi connectivity index (χ4n) is 2.54. The third-order valence-corrected chi connectivity index (χ3v) is 5.20. The minimum absolute atomic E-state index is 0.0430. The maximum absolute atomic E-state index is 12.3. The zero-order chi connectivity index (χ0) is 18.5. The maximum Gasteiger partial charge on any atom is 0.230 e. The molecule has 0 spiro atoms. The molecule has 136 valence electrons. The van der Waals surface area contributed by atoms with Gasteiger partial charge in [0.05, 0.1) is 18.1 Å². The van der Waals surface area contributed by atoms with Gasteiger partial charge in [0.15, 0.2) is 16.7 Å². The Kier molecular flexibility index (Phi) is 6.00. The molecule has 3 aromatic rings. The van der Waals surface area contributed by atoms with E-state index in [4.69, 9.17) is 16.0 Å². The van der Waals surface area contributed by atoms with Crippen molar-refractivity contribution in [1.29, 1.82) is 0 Å². The van der Waals surface area contributed by atoms with Crippen LogP contribution in [0, 0.1) is 0 Å². The summed E-state index contributed by atoms with van der Waals surface area (Å²) in [5.41, 5.74) is 1.04. The monoisotopic (exact) mass is 390 g/mol. The van der Waals surface area contributed by atoms with Crippen molar-refractivity contribution in [3.05, 3.63) is 53.2 Å². The third-order valence-electron chi connectivity index (χ3n) is 3.92. The number of halogens is 1. The summed E-state index contributed by atoms with van der Waals surface area (Å²) in [6, 6.07) is 11.1. The highest BCUT2D eigenvalue weighted by Gasteiger charge is 2.16. The van der Waals surface area contributed by atoms with E-state index in [1.807, 2.05) is 48.9 Å². The molecule has 1 N–H and O–H groups in total. The SMILES string of the molecule is CCC(NC(=O)CSc1nnc(-c2ccco2)n1C)c1ccc(Cl)cc1. The molecule has 26 heavy (non-hydrogen) atoms. The van der Waals surface area contributed by atoms with Crippen molar-refractivity contribution in [2.24, 2.45) is 7.05 Å². The highest BCUT2D eigenvalue weighted by molar-refractivity contribution is 7.99. The molecule has 1 amide bonds. The summed E-state index contributed by atoms with van der Waals surface area (Å²) in [6.45, 7) is 2.03. The Morgan fingerprint density at radius 1 is 1.31 bits per heavy atom. The zero-order valence-electron chi connectivity index (χ0n) is 14.5. The number of amides is 1. The minimum atomic E-state index is -0.0562. The van der Waals surface area contributed by atoms with Gasteiger partial charge in [0.1, 0.15) is 0 Å². The van der Waals surface area contributed by atoms with Crippen molar-refractivity contribution in [3.63, 3.8) is 0 Å². The quantitative estimate of drug-likeness (QED) is 0.615. The number of nitrogens with one attached hydrogen (secondary N) is 1. The Labute approximate surface area is 160 Å². The molecule has 0 bridgehead atoms. The van der Waals surface area contributed by atoms with Crippen LogP contribution in [0.4, 0.5) is 0 Å². The summed E-state index contributed by atoms with van der Waals surface area (Å²) in [7, 11) is 1.85. The summed E-state index contributed by atoms with van der Waals surface area (Å²) < 4.78 is 7.16. The largest absolute Gasteiger partial charge is 0.461 e. The minimum Gasteiger partial charge on any atom is -0.461 e. The van der Waals surface area contributed by atoms with Gasteiger partial charge in [0.25, 0.3) is 0 Å². The third kappa shape index (κ3) is 4.28. The molecule has 1 aromatic carbocycles. The molecule has 1 unspecified atom stereocenters. The molecular weight excluding hydrogens is 372 g/mol. The first-order valence-electron chi connectivity index (χ1n) is 8.19. The van der Waals surface area contributed by atoms with Gasteiger partial charge in [-0.3, -0.25) is 4.79 Å². The fraction of sp³-hybridized carbons (Fsp3) is 0.278. The average Bonchev–Trinajstić information content (AvgIpc) is 3.28. The van der Waals surface area contributed by atoms with Crippen LogP contribution in [-0.4, -0.2) is 26.4 Å². The van der Waals surface area contributed by atoms with Gasteiger partial charge in [-0.1, -0.05) is 42.4 Å². The molecule has 2 aromatic heterocycles. The molecule has 0 fully saturated rings. The maximum atomic E-state index is 12.3. The van der Waals surface area contributed by atoms with Gasteiger partial charge in [-0.25, -0.2) is 0 Å². The second kappa shape index (κ2) is 8.42. The first-order chi connectivity index (χ1) is 12.6. The summed E-state index contributed by atoms with van der Waals surface area (Å²) >= 11 is 7.26. The number of furan rings is 1. The second-order valence-electron chi connectivity index (χ2n) is 5.71. The van der Waals surface area contributed by atoms with E-state index < -0.39 is 0 Å². The molecule has 0 saturated carbocycles. The van der Waals surface area contributed by atoms with Gasteiger partial charge < -0.3 is 14.3 Å². The molecule has 6 nitrogen and oxygen atoms in total. The van der Waals surface area contributed by atoms with Crippen molar-refractivity contribution in [2.75, 3.05) is 5.75 Å². The lowest BCUT2D eigenvalue weighted by Gasteiger charge is -2.17. The van der Waals surface area contributed by atoms with Gasteiger partial charge in [-0.15, -0.1) is 10.2 Å². The van der Waals surface area contributed by atoms with Crippen molar-refractivity contribution in [3.8, 4) is 11.6 Å². The number of benzene rings is 1. The Bertz CT molecular complexity index is 862. The predicted molar refractivity (Wildman–Crippen MR) is 102 cm³/mol. The van der Waals surface area contributed by atoms with E-state index >= 15 is 0 Å². The van der Waals surface area contributed by atoms with Crippen molar-refractivity contribution in [1.82, 2.24) is 20.1 Å². The summed E-state index contributed by atoms with van der Waals surface area (Å²) in [4.78, 5) is 12.3. The predicted octanol–water partition coefficient (Wildman–Crippen LogP) is 4.09. The second-order valence-corrected chi connectivity index (χ2v) is 7.09. The fourth-order valence-corrected chi connectivity index (χ4v) is 3.39. The lowest BCUT2D eigenvalue weighted by atomic mass is 10.0. The highest BCUT2D eigenvalue weighted by atomic mass is 35.5. The molecule has 0 radical (unpaired) electrons. The molecule has 8 heteroatoms. The molecule has 1 atom stereocenters. The Balaban J connectivity index is 1.59. The highest BCUT2D eigenvalue weighted by Crippen LogP contribution is 2.23. The van der Waals surface area contributed by atoms with Crippen LogP contribution in [0.5, 0.6) is 0 Å². The van der Waals surface area contributed by atoms with Crippen LogP contribution in [0.25, 0.3) is 11.6 Å². The molecular formula is C18H19ClN4O2S. The molecule has 0 saturated heterocycles.